The third kappa shape index (κ3) is 6.51. The molecule has 6 nitrogen and oxygen atoms in total. The number of nitrogens with zero attached hydrogens (tertiary/aromatic N) is 1. The first-order chi connectivity index (χ1) is 12.2. The van der Waals surface area contributed by atoms with Crippen molar-refractivity contribution in [3.8, 4) is 5.75 Å². The Morgan fingerprint density at radius 2 is 2.00 bits per heavy atom. The van der Waals surface area contributed by atoms with Gasteiger partial charge in [-0.1, -0.05) is 13.3 Å². The summed E-state index contributed by atoms with van der Waals surface area (Å²) in [7, 11) is 1.62. The van der Waals surface area contributed by atoms with Gasteiger partial charge in [-0.2, -0.15) is 0 Å². The van der Waals surface area contributed by atoms with Crippen molar-refractivity contribution in [2.45, 2.75) is 26.3 Å². The highest BCUT2D eigenvalue weighted by molar-refractivity contribution is 5.89. The topological polar surface area (TPSA) is 63.9 Å². The fourth-order valence-electron chi connectivity index (χ4n) is 2.23. The zero-order valence-corrected chi connectivity index (χ0v) is 14.9. The van der Waals surface area contributed by atoms with Crippen LogP contribution in [0.15, 0.2) is 47.3 Å². The van der Waals surface area contributed by atoms with Crippen LogP contribution in [-0.2, 0) is 11.3 Å². The van der Waals surface area contributed by atoms with Crippen LogP contribution in [0.5, 0.6) is 5.75 Å². The van der Waals surface area contributed by atoms with E-state index in [4.69, 9.17) is 13.9 Å². The van der Waals surface area contributed by atoms with Crippen LogP contribution < -0.4 is 10.1 Å². The third-order valence-corrected chi connectivity index (χ3v) is 3.68. The van der Waals surface area contributed by atoms with Gasteiger partial charge in [-0.25, -0.2) is 4.79 Å². The predicted molar refractivity (Wildman–Crippen MR) is 96.9 cm³/mol. The molecule has 136 valence electrons. The molecule has 0 saturated heterocycles. The van der Waals surface area contributed by atoms with E-state index in [0.29, 0.717) is 26.3 Å². The van der Waals surface area contributed by atoms with Crippen molar-refractivity contribution >= 4 is 11.7 Å². The normalized spacial score (nSPS) is 10.5. The van der Waals surface area contributed by atoms with E-state index in [1.807, 2.05) is 30.3 Å². The van der Waals surface area contributed by atoms with Gasteiger partial charge in [-0.3, -0.25) is 0 Å². The number of hydrogen-bond donors (Lipinski definition) is 1. The van der Waals surface area contributed by atoms with Gasteiger partial charge in [0.05, 0.1) is 32.3 Å². The second-order valence-corrected chi connectivity index (χ2v) is 5.70. The molecule has 0 saturated carbocycles. The molecule has 0 unspecified atom stereocenters. The molecule has 1 heterocycles. The molecule has 0 spiro atoms. The number of benzene rings is 1. The molecule has 0 aliphatic rings. The summed E-state index contributed by atoms with van der Waals surface area (Å²) in [5.74, 6) is 0.807. The lowest BCUT2D eigenvalue weighted by Gasteiger charge is -2.22. The third-order valence-electron chi connectivity index (χ3n) is 3.68. The van der Waals surface area contributed by atoms with E-state index in [9.17, 15) is 4.79 Å². The van der Waals surface area contributed by atoms with Crippen LogP contribution in [0.3, 0.4) is 0 Å². The Bertz CT molecular complexity index is 611. The fourth-order valence-corrected chi connectivity index (χ4v) is 2.23. The van der Waals surface area contributed by atoms with E-state index >= 15 is 0 Å². The quantitative estimate of drug-likeness (QED) is 0.657. The van der Waals surface area contributed by atoms with Crippen LogP contribution in [0.2, 0.25) is 0 Å². The molecule has 2 aromatic rings. The molecule has 0 fully saturated rings. The van der Waals surface area contributed by atoms with Crippen molar-refractivity contribution < 1.29 is 18.7 Å². The monoisotopic (exact) mass is 346 g/mol. The summed E-state index contributed by atoms with van der Waals surface area (Å²) in [6.07, 6.45) is 5.36. The molecule has 6 heteroatoms. The minimum Gasteiger partial charge on any atom is -0.494 e. The predicted octanol–water partition coefficient (Wildman–Crippen LogP) is 4.14. The minimum absolute atomic E-state index is 0.182. The van der Waals surface area contributed by atoms with E-state index in [0.717, 1.165) is 29.8 Å². The smallest absolute Gasteiger partial charge is 0.322 e. The maximum absolute atomic E-state index is 12.5. The van der Waals surface area contributed by atoms with E-state index in [1.165, 1.54) is 0 Å². The lowest BCUT2D eigenvalue weighted by Crippen LogP contribution is -2.36. The average Bonchev–Trinajstić information content (AvgIpc) is 3.13. The molecular formula is C19H26N2O4. The number of ether oxygens (including phenoxy) is 2. The molecule has 2 amide bonds. The number of nitrogens with one attached hydrogen (secondary N) is 1. The maximum atomic E-state index is 12.5. The van der Waals surface area contributed by atoms with Gasteiger partial charge < -0.3 is 24.1 Å². The Labute approximate surface area is 148 Å². The van der Waals surface area contributed by atoms with E-state index in [-0.39, 0.29) is 6.03 Å². The molecule has 0 atom stereocenters. The van der Waals surface area contributed by atoms with Crippen LogP contribution in [0.4, 0.5) is 10.5 Å². The zero-order chi connectivity index (χ0) is 17.9. The van der Waals surface area contributed by atoms with Crippen LogP contribution >= 0.6 is 0 Å². The number of hydrogen-bond acceptors (Lipinski definition) is 4. The highest BCUT2D eigenvalue weighted by Crippen LogP contribution is 2.17. The first-order valence-electron chi connectivity index (χ1n) is 8.51. The van der Waals surface area contributed by atoms with Gasteiger partial charge in [0.15, 0.2) is 0 Å². The second kappa shape index (κ2) is 10.4. The van der Waals surface area contributed by atoms with Gasteiger partial charge in [0.1, 0.15) is 5.75 Å². The Morgan fingerprint density at radius 1 is 1.20 bits per heavy atom. The highest BCUT2D eigenvalue weighted by atomic mass is 16.5. The summed E-state index contributed by atoms with van der Waals surface area (Å²) in [5.41, 5.74) is 1.66. The molecule has 0 aliphatic heterocycles. The molecule has 0 radical (unpaired) electrons. The highest BCUT2D eigenvalue weighted by Gasteiger charge is 2.14. The first-order valence-corrected chi connectivity index (χ1v) is 8.51. The summed E-state index contributed by atoms with van der Waals surface area (Å²) >= 11 is 0. The molecular weight excluding hydrogens is 320 g/mol. The summed E-state index contributed by atoms with van der Waals surface area (Å²) < 4.78 is 15.8. The number of methoxy groups -OCH3 is 1. The Kier molecular flexibility index (Phi) is 7.85. The number of amides is 2. The molecule has 1 aromatic heterocycles. The second-order valence-electron chi connectivity index (χ2n) is 5.70. The lowest BCUT2D eigenvalue weighted by atomic mass is 10.3. The van der Waals surface area contributed by atoms with Crippen LogP contribution in [0.25, 0.3) is 0 Å². The summed E-state index contributed by atoms with van der Waals surface area (Å²) in [5, 5.41) is 2.90. The van der Waals surface area contributed by atoms with Gasteiger partial charge in [0.25, 0.3) is 0 Å². The maximum Gasteiger partial charge on any atom is 0.322 e. The van der Waals surface area contributed by atoms with Gasteiger partial charge in [0, 0.05) is 24.9 Å². The Morgan fingerprint density at radius 3 is 2.64 bits per heavy atom. The van der Waals surface area contributed by atoms with Gasteiger partial charge in [-0.15, -0.1) is 0 Å². The van der Waals surface area contributed by atoms with Crippen molar-refractivity contribution in [2.75, 3.05) is 32.2 Å². The van der Waals surface area contributed by atoms with Crippen molar-refractivity contribution in [3.05, 3.63) is 48.4 Å². The Balaban J connectivity index is 1.92. The zero-order valence-electron chi connectivity index (χ0n) is 14.9. The van der Waals surface area contributed by atoms with Gasteiger partial charge >= 0.3 is 6.03 Å². The van der Waals surface area contributed by atoms with Crippen molar-refractivity contribution in [2.24, 2.45) is 0 Å². The summed E-state index contributed by atoms with van der Waals surface area (Å²) in [4.78, 5) is 14.2. The lowest BCUT2D eigenvalue weighted by molar-refractivity contribution is 0.152. The number of unbranched alkanes of at least 4 members (excludes halogenated alkanes) is 1. The largest absolute Gasteiger partial charge is 0.494 e. The van der Waals surface area contributed by atoms with Gasteiger partial charge in [0.2, 0.25) is 0 Å². The van der Waals surface area contributed by atoms with Crippen molar-refractivity contribution in [1.29, 1.82) is 0 Å². The summed E-state index contributed by atoms with van der Waals surface area (Å²) in [6.45, 7) is 4.25. The standard InChI is InChI=1S/C19H26N2O4/c1-3-4-11-25-18-7-5-17(6-8-18)20-19(22)21(10-13-23-2)14-16-9-12-24-15-16/h5-9,12,15H,3-4,10-11,13-14H2,1-2H3,(H,20,22). The van der Waals surface area contributed by atoms with Crippen LogP contribution in [0, 0.1) is 0 Å². The first kappa shape index (κ1) is 18.9. The minimum atomic E-state index is -0.182. The molecule has 0 bridgehead atoms. The number of carbonyl (C=O) groups is 1. The number of anilines is 1. The molecule has 0 aliphatic carbocycles. The molecule has 25 heavy (non-hydrogen) atoms. The number of carbonyl (C=O) groups excluding carboxylic acids is 1. The van der Waals surface area contributed by atoms with Crippen LogP contribution in [-0.4, -0.2) is 37.8 Å². The van der Waals surface area contributed by atoms with E-state index < -0.39 is 0 Å². The molecule has 1 aromatic carbocycles. The van der Waals surface area contributed by atoms with Gasteiger partial charge in [-0.05, 0) is 36.8 Å². The SMILES string of the molecule is CCCCOc1ccc(NC(=O)N(CCOC)Cc2ccoc2)cc1. The van der Waals surface area contributed by atoms with Crippen LogP contribution in [0.1, 0.15) is 25.3 Å². The van der Waals surface area contributed by atoms with Crippen molar-refractivity contribution in [3.63, 3.8) is 0 Å². The average molecular weight is 346 g/mol. The Hall–Kier alpha value is -2.47. The molecule has 2 rings (SSSR count). The fraction of sp³-hybridized carbons (Fsp3) is 0.421. The van der Waals surface area contributed by atoms with Crippen molar-refractivity contribution in [1.82, 2.24) is 4.90 Å². The molecule has 1 N–H and O–H groups in total. The number of rotatable bonds is 10. The van der Waals surface area contributed by atoms with E-state index in [1.54, 1.807) is 24.5 Å². The van der Waals surface area contributed by atoms with E-state index in [2.05, 4.69) is 12.2 Å². The number of furan rings is 1. The summed E-state index contributed by atoms with van der Waals surface area (Å²) in [6, 6.07) is 9.06. The number of urea groups is 1.